The second-order valence-electron chi connectivity index (χ2n) is 19.0. The SMILES string of the molecule is CC/C=C/C/C=C/C/C=C/C/C=C/CCCCCC(=O)OC(CCCCC/C=C/C=C/C=C/CCCCCCC)CC(=O)NC(CO)C(O)CCCCCCCCCCCCCCCCCC. The van der Waals surface area contributed by atoms with Crippen LogP contribution in [0.3, 0.4) is 0 Å². The van der Waals surface area contributed by atoms with E-state index in [1.165, 1.54) is 116 Å². The summed E-state index contributed by atoms with van der Waals surface area (Å²) in [6.45, 7) is 6.35. The Hall–Kier alpha value is -2.96. The van der Waals surface area contributed by atoms with Gasteiger partial charge in [-0.2, -0.15) is 0 Å². The van der Waals surface area contributed by atoms with E-state index in [1.54, 1.807) is 0 Å². The maximum Gasteiger partial charge on any atom is 0.306 e. The van der Waals surface area contributed by atoms with E-state index in [-0.39, 0.29) is 24.9 Å². The van der Waals surface area contributed by atoms with Crippen LogP contribution in [0.5, 0.6) is 0 Å². The Morgan fingerprint density at radius 2 is 0.866 bits per heavy atom. The summed E-state index contributed by atoms with van der Waals surface area (Å²) in [4.78, 5) is 26.2. The summed E-state index contributed by atoms with van der Waals surface area (Å²) < 4.78 is 5.93. The Labute approximate surface area is 414 Å². The third kappa shape index (κ3) is 49.3. The number of ether oxygens (including phenoxy) is 1. The van der Waals surface area contributed by atoms with Gasteiger partial charge in [-0.3, -0.25) is 9.59 Å². The zero-order valence-electron chi connectivity index (χ0n) is 44.0. The molecule has 0 bridgehead atoms. The van der Waals surface area contributed by atoms with Gasteiger partial charge in [-0.05, 0) is 89.9 Å². The molecule has 0 aliphatic carbocycles. The van der Waals surface area contributed by atoms with E-state index in [4.69, 9.17) is 4.74 Å². The molecule has 0 saturated heterocycles. The fraction of sp³-hybridized carbons (Fsp3) is 0.738. The van der Waals surface area contributed by atoms with Gasteiger partial charge in [0.15, 0.2) is 0 Å². The predicted octanol–water partition coefficient (Wildman–Crippen LogP) is 17.5. The van der Waals surface area contributed by atoms with Gasteiger partial charge in [-0.25, -0.2) is 0 Å². The topological polar surface area (TPSA) is 95.9 Å². The Bertz CT molecular complexity index is 1280. The maximum absolute atomic E-state index is 13.3. The van der Waals surface area contributed by atoms with Gasteiger partial charge in [0.05, 0.1) is 25.2 Å². The number of rotatable bonds is 50. The van der Waals surface area contributed by atoms with Gasteiger partial charge in [-0.1, -0.05) is 247 Å². The second-order valence-corrected chi connectivity index (χ2v) is 19.0. The Morgan fingerprint density at radius 3 is 1.36 bits per heavy atom. The second kappa shape index (κ2) is 54.0. The standard InChI is InChI=1S/C61H107NO5/c1-4-7-10-13-16-19-22-25-28-31-34-37-40-43-46-49-52-57(67-61(66)54-51-48-45-42-39-36-33-30-27-24-21-18-15-12-9-6-3)55-60(65)62-58(56-63)59(64)53-50-47-44-41-38-35-32-29-26-23-20-17-14-11-8-5-2/h9,12,18,21-22,25,27-28,30-31,34,36-37,39,57-59,63-64H,4-8,10-11,13-17,19-20,23-24,26,29,32-33,35,38,40-56H2,1-3H3,(H,62,65)/b12-9+,21-18+,25-22+,30-27+,31-28+,37-34+,39-36+. The van der Waals surface area contributed by atoms with E-state index >= 15 is 0 Å². The van der Waals surface area contributed by atoms with Gasteiger partial charge >= 0.3 is 5.97 Å². The van der Waals surface area contributed by atoms with Crippen LogP contribution in [-0.4, -0.2) is 46.9 Å². The highest BCUT2D eigenvalue weighted by Crippen LogP contribution is 2.17. The van der Waals surface area contributed by atoms with Gasteiger partial charge in [0.25, 0.3) is 0 Å². The lowest BCUT2D eigenvalue weighted by molar-refractivity contribution is -0.151. The fourth-order valence-corrected chi connectivity index (χ4v) is 8.25. The first-order valence-corrected chi connectivity index (χ1v) is 28.3. The summed E-state index contributed by atoms with van der Waals surface area (Å²) >= 11 is 0. The summed E-state index contributed by atoms with van der Waals surface area (Å²) in [7, 11) is 0. The van der Waals surface area contributed by atoms with Gasteiger partial charge in [-0.15, -0.1) is 0 Å². The minimum atomic E-state index is -0.808. The van der Waals surface area contributed by atoms with Crippen molar-refractivity contribution in [2.45, 2.75) is 283 Å². The minimum Gasteiger partial charge on any atom is -0.462 e. The predicted molar refractivity (Wildman–Crippen MR) is 291 cm³/mol. The van der Waals surface area contributed by atoms with Gasteiger partial charge in [0.1, 0.15) is 6.10 Å². The molecule has 0 aliphatic heterocycles. The summed E-state index contributed by atoms with van der Waals surface area (Å²) in [5.41, 5.74) is 0. The molecule has 6 nitrogen and oxygen atoms in total. The van der Waals surface area contributed by atoms with Crippen molar-refractivity contribution < 1.29 is 24.5 Å². The van der Waals surface area contributed by atoms with E-state index in [2.05, 4.69) is 111 Å². The zero-order chi connectivity index (χ0) is 48.8. The molecule has 67 heavy (non-hydrogen) atoms. The van der Waals surface area contributed by atoms with Crippen LogP contribution < -0.4 is 5.32 Å². The highest BCUT2D eigenvalue weighted by atomic mass is 16.5. The van der Waals surface area contributed by atoms with Crippen molar-refractivity contribution in [2.24, 2.45) is 0 Å². The van der Waals surface area contributed by atoms with Gasteiger partial charge in [0, 0.05) is 6.42 Å². The molecule has 0 fully saturated rings. The molecular weight excluding hydrogens is 827 g/mol. The molecule has 0 aromatic carbocycles. The van der Waals surface area contributed by atoms with Crippen LogP contribution in [0.1, 0.15) is 265 Å². The first-order valence-electron chi connectivity index (χ1n) is 28.3. The Kier molecular flexibility index (Phi) is 51.6. The molecule has 386 valence electrons. The third-order valence-electron chi connectivity index (χ3n) is 12.5. The van der Waals surface area contributed by atoms with Crippen LogP contribution in [0.25, 0.3) is 0 Å². The first kappa shape index (κ1) is 64.0. The number of hydrogen-bond donors (Lipinski definition) is 3. The molecule has 0 aromatic rings. The van der Waals surface area contributed by atoms with Crippen molar-refractivity contribution in [3.8, 4) is 0 Å². The van der Waals surface area contributed by atoms with Crippen LogP contribution in [-0.2, 0) is 14.3 Å². The smallest absolute Gasteiger partial charge is 0.306 e. The molecule has 3 unspecified atom stereocenters. The monoisotopic (exact) mass is 934 g/mol. The molecule has 3 atom stereocenters. The van der Waals surface area contributed by atoms with Crippen molar-refractivity contribution in [3.05, 3.63) is 85.1 Å². The van der Waals surface area contributed by atoms with Crippen molar-refractivity contribution in [1.82, 2.24) is 5.32 Å². The number of aliphatic hydroxyl groups excluding tert-OH is 2. The van der Waals surface area contributed by atoms with Crippen molar-refractivity contribution in [1.29, 1.82) is 0 Å². The molecule has 3 N–H and O–H groups in total. The molecule has 0 aliphatic rings. The fourth-order valence-electron chi connectivity index (χ4n) is 8.25. The molecular formula is C61H107NO5. The van der Waals surface area contributed by atoms with E-state index in [0.717, 1.165) is 103 Å². The minimum absolute atomic E-state index is 0.0385. The third-order valence-corrected chi connectivity index (χ3v) is 12.5. The highest BCUT2D eigenvalue weighted by molar-refractivity contribution is 5.77. The lowest BCUT2D eigenvalue weighted by atomic mass is 10.0. The lowest BCUT2D eigenvalue weighted by Crippen LogP contribution is -2.46. The first-order chi connectivity index (χ1) is 33.0. The van der Waals surface area contributed by atoms with E-state index in [1.807, 2.05) is 0 Å². The Balaban J connectivity index is 4.68. The number of amides is 1. The number of hydrogen-bond acceptors (Lipinski definition) is 5. The van der Waals surface area contributed by atoms with Crippen molar-refractivity contribution in [2.75, 3.05) is 6.61 Å². The zero-order valence-corrected chi connectivity index (χ0v) is 44.0. The molecule has 0 rings (SSSR count). The number of nitrogens with one attached hydrogen (secondary N) is 1. The number of carbonyl (C=O) groups is 2. The van der Waals surface area contributed by atoms with E-state index < -0.39 is 18.2 Å². The van der Waals surface area contributed by atoms with Crippen LogP contribution in [0.15, 0.2) is 85.1 Å². The van der Waals surface area contributed by atoms with Crippen LogP contribution in [0, 0.1) is 0 Å². The van der Waals surface area contributed by atoms with Crippen LogP contribution in [0.2, 0.25) is 0 Å². The quantitative estimate of drug-likeness (QED) is 0.0244. The summed E-state index contributed by atoms with van der Waals surface area (Å²) in [5.74, 6) is -0.544. The number of aliphatic hydroxyl groups is 2. The maximum atomic E-state index is 13.3. The number of carbonyl (C=O) groups excluding carboxylic acids is 2. The summed E-state index contributed by atoms with van der Waals surface area (Å²) in [6, 6.07) is -0.725. The lowest BCUT2D eigenvalue weighted by Gasteiger charge is -2.24. The highest BCUT2D eigenvalue weighted by Gasteiger charge is 2.24. The summed E-state index contributed by atoms with van der Waals surface area (Å²) in [5, 5.41) is 23.9. The van der Waals surface area contributed by atoms with Crippen molar-refractivity contribution >= 4 is 11.9 Å². The molecule has 6 heteroatoms. The molecule has 0 aromatic heterocycles. The average Bonchev–Trinajstić information content (AvgIpc) is 3.32. The van der Waals surface area contributed by atoms with E-state index in [0.29, 0.717) is 19.3 Å². The number of unbranched alkanes of at least 4 members (excludes halogenated alkanes) is 26. The molecule has 0 saturated carbocycles. The number of esters is 1. The normalized spacial score (nSPS) is 13.8. The van der Waals surface area contributed by atoms with Gasteiger partial charge in [0.2, 0.25) is 5.91 Å². The summed E-state index contributed by atoms with van der Waals surface area (Å²) in [6.07, 6.45) is 70.7. The van der Waals surface area contributed by atoms with E-state index in [9.17, 15) is 19.8 Å². The average molecular weight is 935 g/mol. The van der Waals surface area contributed by atoms with Gasteiger partial charge < -0.3 is 20.3 Å². The largest absolute Gasteiger partial charge is 0.462 e. The van der Waals surface area contributed by atoms with Crippen LogP contribution >= 0.6 is 0 Å². The molecule has 1 amide bonds. The number of allylic oxidation sites excluding steroid dienone is 14. The van der Waals surface area contributed by atoms with Crippen molar-refractivity contribution in [3.63, 3.8) is 0 Å². The van der Waals surface area contributed by atoms with Crippen LogP contribution in [0.4, 0.5) is 0 Å². The molecule has 0 spiro atoms. The Morgan fingerprint density at radius 1 is 0.463 bits per heavy atom. The molecule has 0 heterocycles. The molecule has 0 radical (unpaired) electrons.